The van der Waals surface area contributed by atoms with Crippen LogP contribution in [0.15, 0.2) is 24.3 Å². The lowest BCUT2D eigenvalue weighted by atomic mass is 10.1. The molecule has 2 rings (SSSR count). The summed E-state index contributed by atoms with van der Waals surface area (Å²) in [5.41, 5.74) is 2.64. The average Bonchev–Trinajstić information content (AvgIpc) is 2.55. The number of anilines is 1. The Morgan fingerprint density at radius 2 is 1.46 bits per heavy atom. The Kier molecular flexibility index (Phi) is 7.45. The van der Waals surface area contributed by atoms with Crippen LogP contribution in [0.1, 0.15) is 45.4 Å². The van der Waals surface area contributed by atoms with Gasteiger partial charge >= 0.3 is 0 Å². The van der Waals surface area contributed by atoms with Crippen molar-refractivity contribution in [2.45, 2.75) is 52.0 Å². The number of rotatable bonds is 7. The third-order valence-corrected chi connectivity index (χ3v) is 5.41. The van der Waals surface area contributed by atoms with Crippen LogP contribution in [-0.4, -0.2) is 61.2 Å². The van der Waals surface area contributed by atoms with Crippen LogP contribution in [0.4, 0.5) is 5.69 Å². The second-order valence-electron chi connectivity index (χ2n) is 7.52. The molecule has 1 unspecified atom stereocenters. The molecule has 1 heterocycles. The Hall–Kier alpha value is -0.710. The van der Waals surface area contributed by atoms with E-state index in [-0.39, 0.29) is 0 Å². The van der Waals surface area contributed by atoms with E-state index in [1.54, 1.807) is 0 Å². The van der Waals surface area contributed by atoms with Crippen LogP contribution in [0.25, 0.3) is 0 Å². The van der Waals surface area contributed by atoms with Crippen molar-refractivity contribution in [1.29, 1.82) is 0 Å². The molecule has 0 aromatic heterocycles. The molecule has 0 N–H and O–H groups in total. The number of nitrogens with zero attached hydrogens (tertiary/aromatic N) is 3. The van der Waals surface area contributed by atoms with Gasteiger partial charge < -0.3 is 4.90 Å². The SMILES string of the molecule is CC(S)c1ccc(N2CCN(CCN(C(C)C)C(C)C)CC2)cc1. The summed E-state index contributed by atoms with van der Waals surface area (Å²) in [7, 11) is 0. The summed E-state index contributed by atoms with van der Waals surface area (Å²) >= 11 is 4.50. The first-order valence-corrected chi connectivity index (χ1v) is 9.91. The highest BCUT2D eigenvalue weighted by Crippen LogP contribution is 2.23. The van der Waals surface area contributed by atoms with Crippen LogP contribution in [0, 0.1) is 0 Å². The average molecular weight is 350 g/mol. The molecule has 136 valence electrons. The van der Waals surface area contributed by atoms with Crippen LogP contribution >= 0.6 is 12.6 Å². The minimum Gasteiger partial charge on any atom is -0.369 e. The van der Waals surface area contributed by atoms with Gasteiger partial charge in [-0.3, -0.25) is 9.80 Å². The second-order valence-corrected chi connectivity index (χ2v) is 8.30. The Morgan fingerprint density at radius 1 is 0.917 bits per heavy atom. The van der Waals surface area contributed by atoms with Gasteiger partial charge in [0, 0.05) is 62.3 Å². The third kappa shape index (κ3) is 5.40. The maximum Gasteiger partial charge on any atom is 0.0367 e. The Morgan fingerprint density at radius 3 is 1.92 bits per heavy atom. The molecule has 0 radical (unpaired) electrons. The number of thiol groups is 1. The molecule has 0 amide bonds. The Bertz CT molecular complexity index is 468. The van der Waals surface area contributed by atoms with Gasteiger partial charge in [-0.05, 0) is 52.3 Å². The fraction of sp³-hybridized carbons (Fsp3) is 0.700. The minimum atomic E-state index is 0.306. The van der Waals surface area contributed by atoms with Gasteiger partial charge in [-0.2, -0.15) is 12.6 Å². The molecule has 0 spiro atoms. The van der Waals surface area contributed by atoms with Gasteiger partial charge in [0.05, 0.1) is 0 Å². The molecule has 0 saturated carbocycles. The van der Waals surface area contributed by atoms with Crippen molar-refractivity contribution in [2.24, 2.45) is 0 Å². The Balaban J connectivity index is 1.80. The molecule has 1 fully saturated rings. The van der Waals surface area contributed by atoms with E-state index in [0.29, 0.717) is 17.3 Å². The van der Waals surface area contributed by atoms with Crippen LogP contribution in [0.2, 0.25) is 0 Å². The van der Waals surface area contributed by atoms with Crippen molar-refractivity contribution in [1.82, 2.24) is 9.80 Å². The van der Waals surface area contributed by atoms with Crippen molar-refractivity contribution < 1.29 is 0 Å². The molecule has 1 saturated heterocycles. The molecule has 1 aliphatic rings. The summed E-state index contributed by atoms with van der Waals surface area (Å²) < 4.78 is 0. The van der Waals surface area contributed by atoms with Gasteiger partial charge in [-0.25, -0.2) is 0 Å². The van der Waals surface area contributed by atoms with Crippen molar-refractivity contribution in [2.75, 3.05) is 44.2 Å². The monoisotopic (exact) mass is 349 g/mol. The molecule has 1 aliphatic heterocycles. The third-order valence-electron chi connectivity index (χ3n) is 5.11. The van der Waals surface area contributed by atoms with E-state index < -0.39 is 0 Å². The molecule has 0 aliphatic carbocycles. The maximum absolute atomic E-state index is 4.50. The maximum atomic E-state index is 4.50. The lowest BCUT2D eigenvalue weighted by Crippen LogP contribution is -2.50. The zero-order valence-electron chi connectivity index (χ0n) is 16.1. The van der Waals surface area contributed by atoms with E-state index in [1.807, 2.05) is 0 Å². The van der Waals surface area contributed by atoms with Crippen LogP contribution in [0.3, 0.4) is 0 Å². The summed E-state index contributed by atoms with van der Waals surface area (Å²) in [6.07, 6.45) is 0. The fourth-order valence-electron chi connectivity index (χ4n) is 3.56. The molecular formula is C20H35N3S. The lowest BCUT2D eigenvalue weighted by molar-refractivity contribution is 0.140. The predicted octanol–water partition coefficient (Wildman–Crippen LogP) is 3.92. The van der Waals surface area contributed by atoms with Gasteiger partial charge in [-0.15, -0.1) is 0 Å². The molecule has 1 atom stereocenters. The normalized spacial score (nSPS) is 18.0. The van der Waals surface area contributed by atoms with Gasteiger partial charge in [0.1, 0.15) is 0 Å². The van der Waals surface area contributed by atoms with E-state index in [1.165, 1.54) is 24.3 Å². The highest BCUT2D eigenvalue weighted by atomic mass is 32.1. The summed E-state index contributed by atoms with van der Waals surface area (Å²) in [5.74, 6) is 0. The molecule has 4 heteroatoms. The molecular weight excluding hydrogens is 314 g/mol. The molecule has 0 bridgehead atoms. The van der Waals surface area contributed by atoms with Crippen molar-refractivity contribution in [3.05, 3.63) is 29.8 Å². The van der Waals surface area contributed by atoms with Crippen molar-refractivity contribution in [3.63, 3.8) is 0 Å². The van der Waals surface area contributed by atoms with Crippen molar-refractivity contribution in [3.8, 4) is 0 Å². The van der Waals surface area contributed by atoms with Crippen LogP contribution < -0.4 is 4.90 Å². The van der Waals surface area contributed by atoms with Crippen LogP contribution in [-0.2, 0) is 0 Å². The highest BCUT2D eigenvalue weighted by molar-refractivity contribution is 7.80. The largest absolute Gasteiger partial charge is 0.369 e. The summed E-state index contributed by atoms with van der Waals surface area (Å²) in [5, 5.41) is 0.306. The summed E-state index contributed by atoms with van der Waals surface area (Å²) in [4.78, 5) is 7.70. The van der Waals surface area contributed by atoms with E-state index in [4.69, 9.17) is 0 Å². The number of hydrogen-bond acceptors (Lipinski definition) is 4. The summed E-state index contributed by atoms with van der Waals surface area (Å²) in [6, 6.07) is 10.2. The fourth-order valence-corrected chi connectivity index (χ4v) is 3.74. The second kappa shape index (κ2) is 9.12. The first-order chi connectivity index (χ1) is 11.4. The van der Waals surface area contributed by atoms with E-state index in [0.717, 1.165) is 26.2 Å². The van der Waals surface area contributed by atoms with Gasteiger partial charge in [0.15, 0.2) is 0 Å². The van der Waals surface area contributed by atoms with Crippen LogP contribution in [0.5, 0.6) is 0 Å². The number of hydrogen-bond donors (Lipinski definition) is 1. The smallest absolute Gasteiger partial charge is 0.0367 e. The molecule has 24 heavy (non-hydrogen) atoms. The van der Waals surface area contributed by atoms with Gasteiger partial charge in [-0.1, -0.05) is 12.1 Å². The minimum absolute atomic E-state index is 0.306. The van der Waals surface area contributed by atoms with Gasteiger partial charge in [0.2, 0.25) is 0 Å². The standard InChI is InChI=1S/C20H35N3S/c1-16(2)23(17(3)4)15-12-21-10-13-22(14-11-21)20-8-6-19(7-9-20)18(5)24/h6-9,16-18,24H,10-15H2,1-5H3. The predicted molar refractivity (Wildman–Crippen MR) is 109 cm³/mol. The Labute approximate surface area is 154 Å². The molecule has 3 nitrogen and oxygen atoms in total. The first-order valence-electron chi connectivity index (χ1n) is 9.39. The van der Waals surface area contributed by atoms with Crippen molar-refractivity contribution >= 4 is 18.3 Å². The number of piperazine rings is 1. The zero-order chi connectivity index (χ0) is 17.7. The quantitative estimate of drug-likeness (QED) is 0.748. The molecule has 1 aromatic rings. The zero-order valence-corrected chi connectivity index (χ0v) is 17.0. The first kappa shape index (κ1) is 19.6. The number of benzene rings is 1. The lowest BCUT2D eigenvalue weighted by Gasteiger charge is -2.38. The molecule has 1 aromatic carbocycles. The summed E-state index contributed by atoms with van der Waals surface area (Å²) in [6.45, 7) is 18.2. The topological polar surface area (TPSA) is 9.72 Å². The van der Waals surface area contributed by atoms with E-state index in [9.17, 15) is 0 Å². The van der Waals surface area contributed by atoms with E-state index in [2.05, 4.69) is 86.2 Å². The van der Waals surface area contributed by atoms with E-state index >= 15 is 0 Å². The van der Waals surface area contributed by atoms with Gasteiger partial charge in [0.25, 0.3) is 0 Å². The highest BCUT2D eigenvalue weighted by Gasteiger charge is 2.19.